The highest BCUT2D eigenvalue weighted by Gasteiger charge is 2.24. The molecule has 75 valence electrons. The van der Waals surface area contributed by atoms with Crippen molar-refractivity contribution in [3.8, 4) is 0 Å². The predicted molar refractivity (Wildman–Crippen MR) is 53.5 cm³/mol. The third-order valence-corrected chi connectivity index (χ3v) is 2.74. The summed E-state index contributed by atoms with van der Waals surface area (Å²) in [6, 6.07) is 5.22. The number of aliphatic hydroxyl groups excluding tert-OH is 1. The molecule has 2 rings (SSSR count). The molecule has 0 spiro atoms. The number of benzene rings is 1. The van der Waals surface area contributed by atoms with Gasteiger partial charge in [0.2, 0.25) is 0 Å². The van der Waals surface area contributed by atoms with Crippen LogP contribution in [0.25, 0.3) is 0 Å². The Bertz CT molecular complexity index is 331. The Labute approximate surface area is 83.6 Å². The summed E-state index contributed by atoms with van der Waals surface area (Å²) >= 11 is 0. The minimum Gasteiger partial charge on any atom is -0.395 e. The van der Waals surface area contributed by atoms with Gasteiger partial charge in [-0.15, -0.1) is 0 Å². The fraction of sp³-hybridized carbons (Fsp3) is 0.417. The van der Waals surface area contributed by atoms with Gasteiger partial charge in [-0.05, 0) is 36.0 Å². The molecule has 1 fully saturated rings. The van der Waals surface area contributed by atoms with E-state index < -0.39 is 0 Å². The van der Waals surface area contributed by atoms with Crippen molar-refractivity contribution in [2.24, 2.45) is 0 Å². The van der Waals surface area contributed by atoms with E-state index in [4.69, 9.17) is 5.11 Å². The second-order valence-corrected chi connectivity index (χ2v) is 3.95. The molecule has 0 aliphatic heterocycles. The highest BCUT2D eigenvalue weighted by molar-refractivity contribution is 5.37. The van der Waals surface area contributed by atoms with Crippen LogP contribution in [0.15, 0.2) is 18.2 Å². The van der Waals surface area contributed by atoms with Crippen molar-refractivity contribution >= 4 is 0 Å². The van der Waals surface area contributed by atoms with Crippen molar-refractivity contribution < 1.29 is 9.50 Å². The molecule has 1 saturated carbocycles. The number of hydrogen-bond acceptors (Lipinski definition) is 1. The van der Waals surface area contributed by atoms with Gasteiger partial charge in [-0.3, -0.25) is 0 Å². The lowest BCUT2D eigenvalue weighted by Crippen LogP contribution is -2.03. The van der Waals surface area contributed by atoms with Crippen LogP contribution < -0.4 is 0 Å². The lowest BCUT2D eigenvalue weighted by Gasteiger charge is -2.10. The van der Waals surface area contributed by atoms with Gasteiger partial charge in [0.15, 0.2) is 0 Å². The third kappa shape index (κ3) is 1.80. The molecule has 0 amide bonds. The average Bonchev–Trinajstić information content (AvgIpc) is 3.01. The highest BCUT2D eigenvalue weighted by atomic mass is 19.1. The molecular formula is C12H14FO. The second-order valence-electron chi connectivity index (χ2n) is 3.95. The molecule has 0 atom stereocenters. The van der Waals surface area contributed by atoms with Crippen molar-refractivity contribution in [2.45, 2.75) is 25.7 Å². The van der Waals surface area contributed by atoms with Crippen LogP contribution in [-0.4, -0.2) is 11.7 Å². The molecule has 1 aliphatic carbocycles. The summed E-state index contributed by atoms with van der Waals surface area (Å²) in [5, 5.41) is 8.95. The summed E-state index contributed by atoms with van der Waals surface area (Å²) in [6.45, 7) is 1.68. The van der Waals surface area contributed by atoms with Gasteiger partial charge < -0.3 is 5.11 Å². The molecule has 0 unspecified atom stereocenters. The van der Waals surface area contributed by atoms with Gasteiger partial charge in [0.25, 0.3) is 0 Å². The quantitative estimate of drug-likeness (QED) is 0.782. The summed E-state index contributed by atoms with van der Waals surface area (Å²) in [4.78, 5) is 0. The molecule has 1 aromatic carbocycles. The number of rotatable bonds is 3. The number of hydrogen-bond donors (Lipinski definition) is 1. The van der Waals surface area contributed by atoms with Gasteiger partial charge in [0.1, 0.15) is 5.82 Å². The largest absolute Gasteiger partial charge is 0.395 e. The lowest BCUT2D eigenvalue weighted by molar-refractivity contribution is 0.313. The van der Waals surface area contributed by atoms with Crippen LogP contribution in [0.3, 0.4) is 0 Å². The normalized spacial score (nSPS) is 16.3. The predicted octanol–water partition coefficient (Wildman–Crippen LogP) is 2.64. The first kappa shape index (κ1) is 9.66. The lowest BCUT2D eigenvalue weighted by atomic mass is 9.97. The van der Waals surface area contributed by atoms with Crippen molar-refractivity contribution in [1.29, 1.82) is 0 Å². The molecular weight excluding hydrogens is 179 g/mol. The maximum atomic E-state index is 13.4. The summed E-state index contributed by atoms with van der Waals surface area (Å²) in [5.41, 5.74) is 1.77. The van der Waals surface area contributed by atoms with Gasteiger partial charge >= 0.3 is 0 Å². The molecule has 2 heteroatoms. The molecule has 1 aromatic rings. The monoisotopic (exact) mass is 193 g/mol. The third-order valence-electron chi connectivity index (χ3n) is 2.74. The van der Waals surface area contributed by atoms with Crippen LogP contribution in [0.5, 0.6) is 0 Å². The van der Waals surface area contributed by atoms with Crippen molar-refractivity contribution in [3.63, 3.8) is 0 Å². The minimum absolute atomic E-state index is 0.0783. The number of halogens is 1. The Morgan fingerprint density at radius 3 is 2.79 bits per heavy atom. The summed E-state index contributed by atoms with van der Waals surface area (Å²) < 4.78 is 13.4. The fourth-order valence-corrected chi connectivity index (χ4v) is 1.63. The zero-order chi connectivity index (χ0) is 10.1. The summed E-state index contributed by atoms with van der Waals surface area (Å²) in [5.74, 6) is 1.09. The van der Waals surface area contributed by atoms with E-state index in [9.17, 15) is 4.39 Å². The van der Waals surface area contributed by atoms with Gasteiger partial charge in [0, 0.05) is 5.92 Å². The second kappa shape index (κ2) is 3.70. The molecule has 0 bridgehead atoms. The summed E-state index contributed by atoms with van der Waals surface area (Å²) in [6.07, 6.45) is 2.42. The SMILES string of the molecule is C[C](CO)c1cc(C2CC2)ccc1F. The Balaban J connectivity index is 2.31. The van der Waals surface area contributed by atoms with E-state index in [1.54, 1.807) is 6.92 Å². The van der Waals surface area contributed by atoms with Crippen LogP contribution >= 0.6 is 0 Å². The highest BCUT2D eigenvalue weighted by Crippen LogP contribution is 2.40. The zero-order valence-corrected chi connectivity index (χ0v) is 8.26. The van der Waals surface area contributed by atoms with Gasteiger partial charge in [-0.2, -0.15) is 0 Å². The molecule has 14 heavy (non-hydrogen) atoms. The molecule has 1 nitrogen and oxygen atoms in total. The first-order valence-corrected chi connectivity index (χ1v) is 4.95. The maximum Gasteiger partial charge on any atom is 0.127 e. The Kier molecular flexibility index (Phi) is 2.55. The zero-order valence-electron chi connectivity index (χ0n) is 8.26. The van der Waals surface area contributed by atoms with Gasteiger partial charge in [-0.25, -0.2) is 4.39 Å². The smallest absolute Gasteiger partial charge is 0.127 e. The van der Waals surface area contributed by atoms with Crippen LogP contribution in [0.1, 0.15) is 36.8 Å². The molecule has 1 radical (unpaired) electrons. The molecule has 0 aromatic heterocycles. The average molecular weight is 193 g/mol. The van der Waals surface area contributed by atoms with Crippen molar-refractivity contribution in [3.05, 3.63) is 41.1 Å². The first-order chi connectivity index (χ1) is 6.72. The van der Waals surface area contributed by atoms with E-state index >= 15 is 0 Å². The van der Waals surface area contributed by atoms with Crippen LogP contribution in [0, 0.1) is 11.7 Å². The van der Waals surface area contributed by atoms with E-state index in [1.807, 2.05) is 12.1 Å². The fourth-order valence-electron chi connectivity index (χ4n) is 1.63. The maximum absolute atomic E-state index is 13.4. The van der Waals surface area contributed by atoms with E-state index in [0.29, 0.717) is 17.4 Å². The molecule has 0 saturated heterocycles. The van der Waals surface area contributed by atoms with Crippen LogP contribution in [0.4, 0.5) is 4.39 Å². The van der Waals surface area contributed by atoms with E-state index in [0.717, 1.165) is 0 Å². The standard InChI is InChI=1S/C12H14FO/c1-8(7-14)11-6-10(9-2-3-9)4-5-12(11)13/h4-6,9,14H,2-3,7H2,1H3. The molecule has 1 aliphatic rings. The van der Waals surface area contributed by atoms with Crippen molar-refractivity contribution in [2.75, 3.05) is 6.61 Å². The topological polar surface area (TPSA) is 20.2 Å². The molecule has 0 heterocycles. The van der Waals surface area contributed by atoms with E-state index in [1.165, 1.54) is 24.5 Å². The molecule has 1 N–H and O–H groups in total. The summed E-state index contributed by atoms with van der Waals surface area (Å²) in [7, 11) is 0. The Hall–Kier alpha value is -0.890. The van der Waals surface area contributed by atoms with E-state index in [2.05, 4.69) is 0 Å². The van der Waals surface area contributed by atoms with Gasteiger partial charge in [0.05, 0.1) is 6.61 Å². The van der Waals surface area contributed by atoms with Crippen LogP contribution in [0.2, 0.25) is 0 Å². The minimum atomic E-state index is -0.235. The Morgan fingerprint density at radius 1 is 1.50 bits per heavy atom. The van der Waals surface area contributed by atoms with E-state index in [-0.39, 0.29) is 12.4 Å². The Morgan fingerprint density at radius 2 is 2.21 bits per heavy atom. The van der Waals surface area contributed by atoms with Crippen molar-refractivity contribution in [1.82, 2.24) is 0 Å². The number of aliphatic hydroxyl groups is 1. The van der Waals surface area contributed by atoms with Crippen LogP contribution in [-0.2, 0) is 0 Å². The van der Waals surface area contributed by atoms with Gasteiger partial charge in [-0.1, -0.05) is 19.1 Å². The first-order valence-electron chi connectivity index (χ1n) is 4.95.